The highest BCUT2D eigenvalue weighted by atomic mass is 16.3. The number of carbonyl (C=O) groups excluding carboxylic acids is 1. The molecule has 1 N–H and O–H groups in total. The Kier molecular flexibility index (Phi) is 4.44. The molecule has 0 saturated carbocycles. The number of benzene rings is 2. The van der Waals surface area contributed by atoms with E-state index < -0.39 is 6.10 Å². The third-order valence-electron chi connectivity index (χ3n) is 4.65. The third kappa shape index (κ3) is 3.00. The molecule has 1 saturated heterocycles. The van der Waals surface area contributed by atoms with Crippen LogP contribution in [0.2, 0.25) is 0 Å². The predicted octanol–water partition coefficient (Wildman–Crippen LogP) is 3.14. The van der Waals surface area contributed by atoms with Gasteiger partial charge >= 0.3 is 0 Å². The first-order valence-corrected chi connectivity index (χ1v) is 8.11. The maximum Gasteiger partial charge on any atom is 0.227 e. The van der Waals surface area contributed by atoms with E-state index in [4.69, 9.17) is 0 Å². The first-order chi connectivity index (χ1) is 10.7. The van der Waals surface area contributed by atoms with Gasteiger partial charge in [-0.2, -0.15) is 0 Å². The maximum absolute atomic E-state index is 12.7. The molecule has 0 spiro atoms. The van der Waals surface area contributed by atoms with Crippen molar-refractivity contribution in [2.45, 2.75) is 44.8 Å². The quantitative estimate of drug-likeness (QED) is 0.945. The first kappa shape index (κ1) is 15.0. The van der Waals surface area contributed by atoms with Gasteiger partial charge in [0.2, 0.25) is 5.91 Å². The van der Waals surface area contributed by atoms with Gasteiger partial charge in [0.15, 0.2) is 0 Å². The summed E-state index contributed by atoms with van der Waals surface area (Å²) in [4.78, 5) is 14.6. The normalized spacial score (nSPS) is 20.1. The van der Waals surface area contributed by atoms with Gasteiger partial charge in [-0.05, 0) is 42.5 Å². The van der Waals surface area contributed by atoms with Crippen LogP contribution in [-0.4, -0.2) is 34.6 Å². The first-order valence-electron chi connectivity index (χ1n) is 8.11. The number of fused-ring (bicyclic) bond motifs is 1. The molecule has 2 aromatic carbocycles. The predicted molar refractivity (Wildman–Crippen MR) is 88.7 cm³/mol. The van der Waals surface area contributed by atoms with Gasteiger partial charge in [0.25, 0.3) is 0 Å². The van der Waals surface area contributed by atoms with Crippen molar-refractivity contribution in [3.05, 3.63) is 48.0 Å². The molecule has 0 aromatic heterocycles. The van der Waals surface area contributed by atoms with Crippen molar-refractivity contribution in [3.63, 3.8) is 0 Å². The summed E-state index contributed by atoms with van der Waals surface area (Å²) in [6, 6.07) is 14.2. The monoisotopic (exact) mass is 297 g/mol. The molecule has 2 unspecified atom stereocenters. The molecular formula is C19H23NO2. The van der Waals surface area contributed by atoms with Crippen LogP contribution in [0.1, 0.15) is 31.7 Å². The molecule has 1 heterocycles. The van der Waals surface area contributed by atoms with Crippen LogP contribution in [0.15, 0.2) is 42.5 Å². The fourth-order valence-electron chi connectivity index (χ4n) is 3.48. The highest BCUT2D eigenvalue weighted by Crippen LogP contribution is 2.23. The summed E-state index contributed by atoms with van der Waals surface area (Å²) in [5.74, 6) is 0.127. The largest absolute Gasteiger partial charge is 0.391 e. The van der Waals surface area contributed by atoms with Crippen LogP contribution in [0, 0.1) is 0 Å². The molecule has 1 fully saturated rings. The van der Waals surface area contributed by atoms with Crippen molar-refractivity contribution in [1.82, 2.24) is 4.90 Å². The summed E-state index contributed by atoms with van der Waals surface area (Å²) in [5.41, 5.74) is 1.07. The molecule has 0 aliphatic carbocycles. The van der Waals surface area contributed by atoms with Crippen molar-refractivity contribution in [3.8, 4) is 0 Å². The van der Waals surface area contributed by atoms with E-state index in [1.54, 1.807) is 6.92 Å². The molecule has 0 bridgehead atoms. The number of hydrogen-bond acceptors (Lipinski definition) is 2. The van der Waals surface area contributed by atoms with Crippen LogP contribution in [0.3, 0.4) is 0 Å². The van der Waals surface area contributed by atoms with E-state index in [1.165, 1.54) is 5.39 Å². The molecule has 3 heteroatoms. The highest BCUT2D eigenvalue weighted by Gasteiger charge is 2.29. The summed E-state index contributed by atoms with van der Waals surface area (Å²) < 4.78 is 0. The van der Waals surface area contributed by atoms with Gasteiger partial charge in [-0.15, -0.1) is 0 Å². The molecule has 0 radical (unpaired) electrons. The van der Waals surface area contributed by atoms with Crippen LogP contribution in [0.4, 0.5) is 0 Å². The number of amides is 1. The molecule has 2 aromatic rings. The zero-order valence-corrected chi connectivity index (χ0v) is 13.0. The number of likely N-dealkylation sites (tertiary alicyclic amines) is 1. The fraction of sp³-hybridized carbons (Fsp3) is 0.421. The number of hydrogen-bond donors (Lipinski definition) is 1. The number of aliphatic hydroxyl groups is 1. The molecule has 116 valence electrons. The summed E-state index contributed by atoms with van der Waals surface area (Å²) in [6.45, 7) is 2.55. The molecular weight excluding hydrogens is 274 g/mol. The van der Waals surface area contributed by atoms with Crippen molar-refractivity contribution in [1.29, 1.82) is 0 Å². The van der Waals surface area contributed by atoms with Crippen molar-refractivity contribution in [2.24, 2.45) is 0 Å². The molecule has 3 rings (SSSR count). The van der Waals surface area contributed by atoms with Gasteiger partial charge in [-0.3, -0.25) is 4.79 Å². The van der Waals surface area contributed by atoms with Gasteiger partial charge < -0.3 is 10.0 Å². The van der Waals surface area contributed by atoms with Crippen molar-refractivity contribution in [2.75, 3.05) is 6.54 Å². The Morgan fingerprint density at radius 1 is 1.23 bits per heavy atom. The van der Waals surface area contributed by atoms with E-state index in [0.717, 1.165) is 36.8 Å². The van der Waals surface area contributed by atoms with E-state index in [1.807, 2.05) is 29.2 Å². The van der Waals surface area contributed by atoms with Gasteiger partial charge in [0.05, 0.1) is 18.6 Å². The van der Waals surface area contributed by atoms with E-state index >= 15 is 0 Å². The second-order valence-electron chi connectivity index (χ2n) is 6.21. The van der Waals surface area contributed by atoms with Crippen LogP contribution in [0.25, 0.3) is 10.8 Å². The lowest BCUT2D eigenvalue weighted by Crippen LogP contribution is -2.49. The minimum absolute atomic E-state index is 0.0313. The second kappa shape index (κ2) is 6.49. The second-order valence-corrected chi connectivity index (χ2v) is 6.21. The summed E-state index contributed by atoms with van der Waals surface area (Å²) in [5, 5.41) is 12.2. The lowest BCUT2D eigenvalue weighted by molar-refractivity contribution is -0.136. The number of rotatable bonds is 3. The molecule has 1 aliphatic heterocycles. The van der Waals surface area contributed by atoms with Crippen LogP contribution < -0.4 is 0 Å². The smallest absolute Gasteiger partial charge is 0.227 e. The average Bonchev–Trinajstić information content (AvgIpc) is 2.55. The molecule has 2 atom stereocenters. The van der Waals surface area contributed by atoms with E-state index in [2.05, 4.69) is 18.2 Å². The molecule has 1 aliphatic rings. The lowest BCUT2D eigenvalue weighted by Gasteiger charge is -2.37. The Bertz CT molecular complexity index is 660. The van der Waals surface area contributed by atoms with Crippen LogP contribution in [-0.2, 0) is 11.2 Å². The Morgan fingerprint density at radius 3 is 2.82 bits per heavy atom. The fourth-order valence-corrected chi connectivity index (χ4v) is 3.48. The zero-order chi connectivity index (χ0) is 15.5. The highest BCUT2D eigenvalue weighted by molar-refractivity contribution is 5.90. The Morgan fingerprint density at radius 2 is 2.00 bits per heavy atom. The topological polar surface area (TPSA) is 40.5 Å². The minimum atomic E-state index is -0.461. The summed E-state index contributed by atoms with van der Waals surface area (Å²) in [6.07, 6.45) is 2.97. The Hall–Kier alpha value is -1.87. The molecule has 22 heavy (non-hydrogen) atoms. The number of aliphatic hydroxyl groups excluding tert-OH is 1. The minimum Gasteiger partial charge on any atom is -0.391 e. The molecule has 3 nitrogen and oxygen atoms in total. The SMILES string of the molecule is CC(O)C1CCCCN1C(=O)Cc1cccc2ccccc12. The molecule has 1 amide bonds. The Labute approximate surface area is 131 Å². The Balaban J connectivity index is 1.83. The maximum atomic E-state index is 12.7. The summed E-state index contributed by atoms with van der Waals surface area (Å²) >= 11 is 0. The van der Waals surface area contributed by atoms with Gasteiger partial charge in [-0.25, -0.2) is 0 Å². The van der Waals surface area contributed by atoms with E-state index in [-0.39, 0.29) is 11.9 Å². The zero-order valence-electron chi connectivity index (χ0n) is 13.0. The van der Waals surface area contributed by atoms with Crippen LogP contribution in [0.5, 0.6) is 0 Å². The van der Waals surface area contributed by atoms with E-state index in [9.17, 15) is 9.90 Å². The third-order valence-corrected chi connectivity index (χ3v) is 4.65. The van der Waals surface area contributed by atoms with Crippen LogP contribution >= 0.6 is 0 Å². The standard InChI is InChI=1S/C19H23NO2/c1-14(21)18-11-4-5-12-20(18)19(22)13-16-9-6-8-15-7-2-3-10-17(15)16/h2-3,6-10,14,18,21H,4-5,11-13H2,1H3. The number of nitrogens with zero attached hydrogens (tertiary/aromatic N) is 1. The lowest BCUT2D eigenvalue weighted by atomic mass is 9.96. The van der Waals surface area contributed by atoms with Gasteiger partial charge in [-0.1, -0.05) is 42.5 Å². The number of piperidine rings is 1. The van der Waals surface area contributed by atoms with E-state index in [0.29, 0.717) is 6.42 Å². The number of carbonyl (C=O) groups is 1. The van der Waals surface area contributed by atoms with Crippen molar-refractivity contribution >= 4 is 16.7 Å². The average molecular weight is 297 g/mol. The summed E-state index contributed by atoms with van der Waals surface area (Å²) in [7, 11) is 0. The van der Waals surface area contributed by atoms with Gasteiger partial charge in [0, 0.05) is 6.54 Å². The van der Waals surface area contributed by atoms with Gasteiger partial charge in [0.1, 0.15) is 0 Å². The van der Waals surface area contributed by atoms with Crippen molar-refractivity contribution < 1.29 is 9.90 Å².